The Morgan fingerprint density at radius 3 is 2.38 bits per heavy atom. The molecule has 2 fully saturated rings. The van der Waals surface area contributed by atoms with Gasteiger partial charge in [-0.1, -0.05) is 42.7 Å². The van der Waals surface area contributed by atoms with Crippen molar-refractivity contribution in [1.82, 2.24) is 19.4 Å². The standard InChI is InChI=1S/C27H33N5O2/c1-20-8-10-21(11-9-20)19-32-24-23(7-6-14-28-24)29-25(27(32)34)30-17-12-22(13-18-30)26(33)31-15-4-2-3-5-16-31/h6-11,14,22H,2-5,12-13,15-19H2,1H3. The van der Waals surface area contributed by atoms with E-state index >= 15 is 0 Å². The van der Waals surface area contributed by atoms with Gasteiger partial charge in [-0.2, -0.15) is 0 Å². The lowest BCUT2D eigenvalue weighted by atomic mass is 9.95. The molecule has 178 valence electrons. The molecule has 1 aromatic carbocycles. The summed E-state index contributed by atoms with van der Waals surface area (Å²) in [5, 5.41) is 0. The van der Waals surface area contributed by atoms with Gasteiger partial charge in [0.25, 0.3) is 5.56 Å². The average Bonchev–Trinajstić information content (AvgIpc) is 3.16. The van der Waals surface area contributed by atoms with Crippen LogP contribution in [-0.2, 0) is 11.3 Å². The van der Waals surface area contributed by atoms with Crippen molar-refractivity contribution in [3.8, 4) is 0 Å². The molecule has 2 aliphatic heterocycles. The van der Waals surface area contributed by atoms with Crippen LogP contribution in [-0.4, -0.2) is 51.5 Å². The van der Waals surface area contributed by atoms with E-state index in [1.54, 1.807) is 10.8 Å². The monoisotopic (exact) mass is 459 g/mol. The van der Waals surface area contributed by atoms with Gasteiger partial charge in [0.05, 0.1) is 6.54 Å². The Labute approximate surface area is 200 Å². The number of nitrogens with zero attached hydrogens (tertiary/aromatic N) is 5. The van der Waals surface area contributed by atoms with Crippen LogP contribution in [0.1, 0.15) is 49.7 Å². The minimum Gasteiger partial charge on any atom is -0.352 e. The Balaban J connectivity index is 1.38. The summed E-state index contributed by atoms with van der Waals surface area (Å²) in [7, 11) is 0. The normalized spacial score (nSPS) is 17.7. The van der Waals surface area contributed by atoms with Gasteiger partial charge in [-0.3, -0.25) is 14.2 Å². The number of carbonyl (C=O) groups is 1. The minimum absolute atomic E-state index is 0.0475. The summed E-state index contributed by atoms with van der Waals surface area (Å²) in [4.78, 5) is 40.0. The Kier molecular flexibility index (Phi) is 6.61. The summed E-state index contributed by atoms with van der Waals surface area (Å²) in [6.07, 6.45) is 7.90. The van der Waals surface area contributed by atoms with Crippen molar-refractivity contribution in [2.45, 2.75) is 52.0 Å². The molecule has 4 heterocycles. The smallest absolute Gasteiger partial charge is 0.295 e. The molecule has 0 spiro atoms. The average molecular weight is 460 g/mol. The van der Waals surface area contributed by atoms with Crippen LogP contribution in [0.25, 0.3) is 11.2 Å². The molecular weight excluding hydrogens is 426 g/mol. The number of anilines is 1. The van der Waals surface area contributed by atoms with Crippen LogP contribution < -0.4 is 10.5 Å². The number of pyridine rings is 1. The third-order valence-corrected chi connectivity index (χ3v) is 7.21. The molecule has 0 atom stereocenters. The lowest BCUT2D eigenvalue weighted by Gasteiger charge is -2.34. The van der Waals surface area contributed by atoms with Crippen LogP contribution in [0.3, 0.4) is 0 Å². The summed E-state index contributed by atoms with van der Waals surface area (Å²) >= 11 is 0. The fourth-order valence-electron chi connectivity index (χ4n) is 5.18. The molecule has 1 amide bonds. The van der Waals surface area contributed by atoms with Gasteiger partial charge in [0, 0.05) is 38.3 Å². The zero-order valence-corrected chi connectivity index (χ0v) is 19.9. The zero-order valence-electron chi connectivity index (χ0n) is 19.9. The van der Waals surface area contributed by atoms with E-state index in [2.05, 4.69) is 46.0 Å². The van der Waals surface area contributed by atoms with Crippen LogP contribution in [0.2, 0.25) is 0 Å². The van der Waals surface area contributed by atoms with E-state index in [1.165, 1.54) is 18.4 Å². The van der Waals surface area contributed by atoms with Crippen molar-refractivity contribution in [3.63, 3.8) is 0 Å². The van der Waals surface area contributed by atoms with Crippen molar-refractivity contribution >= 4 is 22.9 Å². The van der Waals surface area contributed by atoms with Gasteiger partial charge in [0.15, 0.2) is 11.5 Å². The van der Waals surface area contributed by atoms with Crippen molar-refractivity contribution in [1.29, 1.82) is 0 Å². The van der Waals surface area contributed by atoms with Crippen LogP contribution >= 0.6 is 0 Å². The first-order valence-corrected chi connectivity index (χ1v) is 12.5. The summed E-state index contributed by atoms with van der Waals surface area (Å²) in [6.45, 7) is 5.63. The highest BCUT2D eigenvalue weighted by Gasteiger charge is 2.30. The first-order valence-electron chi connectivity index (χ1n) is 12.5. The number of benzene rings is 1. The molecule has 0 saturated carbocycles. The molecular formula is C27H33N5O2. The summed E-state index contributed by atoms with van der Waals surface area (Å²) < 4.78 is 1.73. The second-order valence-corrected chi connectivity index (χ2v) is 9.66. The second-order valence-electron chi connectivity index (χ2n) is 9.66. The third-order valence-electron chi connectivity index (χ3n) is 7.21. The molecule has 0 unspecified atom stereocenters. The molecule has 5 rings (SSSR count). The first kappa shape index (κ1) is 22.6. The van der Waals surface area contributed by atoms with Gasteiger partial charge in [-0.05, 0) is 50.3 Å². The van der Waals surface area contributed by atoms with E-state index in [0.29, 0.717) is 42.5 Å². The summed E-state index contributed by atoms with van der Waals surface area (Å²) in [6, 6.07) is 12.0. The van der Waals surface area contributed by atoms with Gasteiger partial charge >= 0.3 is 0 Å². The maximum atomic E-state index is 13.6. The largest absolute Gasteiger partial charge is 0.352 e. The van der Waals surface area contributed by atoms with Crippen molar-refractivity contribution in [2.24, 2.45) is 5.92 Å². The molecule has 0 radical (unpaired) electrons. The SMILES string of the molecule is Cc1ccc(Cn2c(=O)c(N3CCC(C(=O)N4CCCCCC4)CC3)nc3cccnc32)cc1. The fraction of sp³-hybridized carbons (Fsp3) is 0.481. The van der Waals surface area contributed by atoms with Crippen LogP contribution in [0.4, 0.5) is 5.82 Å². The minimum atomic E-state index is -0.121. The molecule has 34 heavy (non-hydrogen) atoms. The molecule has 0 aliphatic carbocycles. The maximum absolute atomic E-state index is 13.6. The van der Waals surface area contributed by atoms with E-state index in [9.17, 15) is 9.59 Å². The molecule has 2 saturated heterocycles. The number of piperidine rings is 1. The van der Waals surface area contributed by atoms with Gasteiger partial charge in [0.1, 0.15) is 5.52 Å². The number of hydrogen-bond donors (Lipinski definition) is 0. The molecule has 2 aliphatic rings. The second kappa shape index (κ2) is 9.95. The lowest BCUT2D eigenvalue weighted by molar-refractivity contribution is -0.136. The van der Waals surface area contributed by atoms with E-state index in [4.69, 9.17) is 4.98 Å². The van der Waals surface area contributed by atoms with Gasteiger partial charge < -0.3 is 9.80 Å². The molecule has 2 aromatic heterocycles. The molecule has 0 N–H and O–H groups in total. The summed E-state index contributed by atoms with van der Waals surface area (Å²) in [5.41, 5.74) is 3.43. The van der Waals surface area contributed by atoms with Gasteiger partial charge in [-0.25, -0.2) is 9.97 Å². The van der Waals surface area contributed by atoms with Crippen LogP contribution in [0.5, 0.6) is 0 Å². The number of aryl methyl sites for hydroxylation is 1. The van der Waals surface area contributed by atoms with E-state index in [0.717, 1.165) is 44.3 Å². The Bertz CT molecular complexity index is 1200. The van der Waals surface area contributed by atoms with E-state index < -0.39 is 0 Å². The highest BCUT2D eigenvalue weighted by molar-refractivity contribution is 5.79. The highest BCUT2D eigenvalue weighted by atomic mass is 16.2. The Hall–Kier alpha value is -3.22. The number of likely N-dealkylation sites (tertiary alicyclic amines) is 1. The van der Waals surface area contributed by atoms with E-state index in [1.807, 2.05) is 12.1 Å². The van der Waals surface area contributed by atoms with Gasteiger partial charge in [0.2, 0.25) is 5.91 Å². The van der Waals surface area contributed by atoms with Crippen molar-refractivity contribution in [2.75, 3.05) is 31.1 Å². The zero-order chi connectivity index (χ0) is 23.5. The molecule has 3 aromatic rings. The highest BCUT2D eigenvalue weighted by Crippen LogP contribution is 2.24. The van der Waals surface area contributed by atoms with Crippen LogP contribution in [0, 0.1) is 12.8 Å². The summed E-state index contributed by atoms with van der Waals surface area (Å²) in [5.74, 6) is 0.813. The topological polar surface area (TPSA) is 71.3 Å². The quantitative estimate of drug-likeness (QED) is 0.594. The predicted molar refractivity (Wildman–Crippen MR) is 134 cm³/mol. The van der Waals surface area contributed by atoms with E-state index in [-0.39, 0.29) is 11.5 Å². The predicted octanol–water partition coefficient (Wildman–Crippen LogP) is 3.77. The number of hydrogen-bond acceptors (Lipinski definition) is 5. The number of carbonyl (C=O) groups excluding carboxylic acids is 1. The maximum Gasteiger partial charge on any atom is 0.295 e. The number of rotatable bonds is 4. The first-order chi connectivity index (χ1) is 16.6. The molecule has 7 nitrogen and oxygen atoms in total. The van der Waals surface area contributed by atoms with Crippen molar-refractivity contribution < 1.29 is 4.79 Å². The Morgan fingerprint density at radius 1 is 0.971 bits per heavy atom. The van der Waals surface area contributed by atoms with Crippen LogP contribution in [0.15, 0.2) is 47.4 Å². The number of amides is 1. The number of aromatic nitrogens is 3. The number of fused-ring (bicyclic) bond motifs is 1. The van der Waals surface area contributed by atoms with Gasteiger partial charge in [-0.15, -0.1) is 0 Å². The lowest BCUT2D eigenvalue weighted by Crippen LogP contribution is -2.45. The molecule has 0 bridgehead atoms. The third kappa shape index (κ3) is 4.69. The molecule has 7 heteroatoms. The fourth-order valence-corrected chi connectivity index (χ4v) is 5.18. The Morgan fingerprint density at radius 2 is 1.68 bits per heavy atom. The van der Waals surface area contributed by atoms with Crippen molar-refractivity contribution in [3.05, 3.63) is 64.1 Å².